The van der Waals surface area contributed by atoms with Gasteiger partial charge in [-0.2, -0.15) is 0 Å². The van der Waals surface area contributed by atoms with Crippen LogP contribution in [0.4, 0.5) is 0 Å². The summed E-state index contributed by atoms with van der Waals surface area (Å²) in [6.45, 7) is 0. The molecule has 124 valence electrons. The number of aromatic nitrogens is 1. The summed E-state index contributed by atoms with van der Waals surface area (Å²) in [5.41, 5.74) is 0.622. The fraction of sp³-hybridized carbons (Fsp3) is 0.333. The van der Waals surface area contributed by atoms with Crippen LogP contribution in [0.2, 0.25) is 5.02 Å². The molecule has 0 unspecified atom stereocenters. The Morgan fingerprint density at radius 3 is 2.75 bits per heavy atom. The molecular weight excluding hydrogens is 326 g/mol. The van der Waals surface area contributed by atoms with E-state index < -0.39 is 0 Å². The molecule has 3 heterocycles. The minimum Gasteiger partial charge on any atom is -0.438 e. The SMILES string of the molecule is O=C(N[C@@H]1C[C@H]2CC[C@@H]1N2)c1ccc(Oc2ncccc2Cl)cc1. The van der Waals surface area contributed by atoms with Crippen molar-refractivity contribution in [3.05, 3.63) is 53.2 Å². The molecule has 0 spiro atoms. The second kappa shape index (κ2) is 6.42. The molecule has 2 aromatic rings. The summed E-state index contributed by atoms with van der Waals surface area (Å²) in [6, 6.07) is 11.7. The summed E-state index contributed by atoms with van der Waals surface area (Å²) in [5, 5.41) is 7.10. The first-order valence-electron chi connectivity index (χ1n) is 8.14. The van der Waals surface area contributed by atoms with E-state index in [4.69, 9.17) is 16.3 Å². The van der Waals surface area contributed by atoms with Crippen LogP contribution in [0.3, 0.4) is 0 Å². The van der Waals surface area contributed by atoms with Crippen molar-refractivity contribution >= 4 is 17.5 Å². The fourth-order valence-electron chi connectivity index (χ4n) is 3.47. The maximum Gasteiger partial charge on any atom is 0.251 e. The molecule has 24 heavy (non-hydrogen) atoms. The third-order valence-corrected chi connectivity index (χ3v) is 4.96. The van der Waals surface area contributed by atoms with Gasteiger partial charge < -0.3 is 15.4 Å². The van der Waals surface area contributed by atoms with E-state index in [-0.39, 0.29) is 11.9 Å². The molecule has 0 aliphatic carbocycles. The van der Waals surface area contributed by atoms with Gasteiger partial charge in [-0.15, -0.1) is 0 Å². The Hall–Kier alpha value is -2.11. The lowest BCUT2D eigenvalue weighted by atomic mass is 9.95. The van der Waals surface area contributed by atoms with Crippen LogP contribution in [-0.2, 0) is 0 Å². The summed E-state index contributed by atoms with van der Waals surface area (Å²) < 4.78 is 5.63. The lowest BCUT2D eigenvalue weighted by Gasteiger charge is -2.21. The Kier molecular flexibility index (Phi) is 4.12. The first-order chi connectivity index (χ1) is 11.7. The summed E-state index contributed by atoms with van der Waals surface area (Å²) in [5.74, 6) is 0.898. The number of nitrogens with one attached hydrogen (secondary N) is 2. The van der Waals surface area contributed by atoms with E-state index in [1.54, 1.807) is 42.6 Å². The van der Waals surface area contributed by atoms with Gasteiger partial charge in [0, 0.05) is 29.9 Å². The average molecular weight is 344 g/mol. The molecule has 0 radical (unpaired) electrons. The van der Waals surface area contributed by atoms with Crippen LogP contribution < -0.4 is 15.4 Å². The van der Waals surface area contributed by atoms with E-state index in [9.17, 15) is 4.79 Å². The number of amides is 1. The predicted octanol–water partition coefficient (Wildman–Crippen LogP) is 3.15. The number of hydrogen-bond acceptors (Lipinski definition) is 4. The quantitative estimate of drug-likeness (QED) is 0.895. The zero-order valence-electron chi connectivity index (χ0n) is 13.0. The van der Waals surface area contributed by atoms with Crippen LogP contribution in [-0.4, -0.2) is 29.0 Å². The van der Waals surface area contributed by atoms with Gasteiger partial charge in [-0.05, 0) is 55.7 Å². The number of rotatable bonds is 4. The smallest absolute Gasteiger partial charge is 0.251 e. The van der Waals surface area contributed by atoms with E-state index in [0.717, 1.165) is 12.8 Å². The van der Waals surface area contributed by atoms with Gasteiger partial charge in [0.1, 0.15) is 10.8 Å². The minimum absolute atomic E-state index is 0.0447. The molecule has 2 fully saturated rings. The standard InChI is InChI=1S/C18H18ClN3O2/c19-14-2-1-9-20-18(14)24-13-6-3-11(4-7-13)17(23)22-16-10-12-5-8-15(16)21-12/h1-4,6-7,9,12,15-16,21H,5,8,10H2,(H,22,23)/t12-,15+,16-/m1/s1. The van der Waals surface area contributed by atoms with Gasteiger partial charge in [-0.3, -0.25) is 4.79 Å². The molecule has 2 bridgehead atoms. The highest BCUT2D eigenvalue weighted by Gasteiger charge is 2.39. The highest BCUT2D eigenvalue weighted by atomic mass is 35.5. The Morgan fingerprint density at radius 2 is 2.08 bits per heavy atom. The number of ether oxygens (including phenoxy) is 1. The van der Waals surface area contributed by atoms with Crippen LogP contribution in [0.1, 0.15) is 29.6 Å². The lowest BCUT2D eigenvalue weighted by Crippen LogP contribution is -2.42. The van der Waals surface area contributed by atoms with Crippen molar-refractivity contribution in [1.29, 1.82) is 0 Å². The first kappa shape index (κ1) is 15.4. The number of carbonyl (C=O) groups excluding carboxylic acids is 1. The van der Waals surface area contributed by atoms with E-state index in [1.165, 1.54) is 6.42 Å². The molecule has 0 saturated carbocycles. The molecule has 3 atom stereocenters. The van der Waals surface area contributed by atoms with Crippen LogP contribution in [0.5, 0.6) is 11.6 Å². The zero-order chi connectivity index (χ0) is 16.5. The normalized spacial score (nSPS) is 24.8. The van der Waals surface area contributed by atoms with Gasteiger partial charge in [0.2, 0.25) is 5.88 Å². The minimum atomic E-state index is -0.0447. The molecule has 2 aliphatic heterocycles. The Balaban J connectivity index is 1.40. The van der Waals surface area contributed by atoms with E-state index in [2.05, 4.69) is 15.6 Å². The third-order valence-electron chi connectivity index (χ3n) is 4.67. The maximum absolute atomic E-state index is 12.4. The average Bonchev–Trinajstić information content (AvgIpc) is 3.20. The summed E-state index contributed by atoms with van der Waals surface area (Å²) in [7, 11) is 0. The number of hydrogen-bond donors (Lipinski definition) is 2. The molecule has 1 amide bonds. The number of fused-ring (bicyclic) bond motifs is 2. The molecular formula is C18H18ClN3O2. The topological polar surface area (TPSA) is 63.2 Å². The number of halogens is 1. The first-order valence-corrected chi connectivity index (χ1v) is 8.52. The molecule has 2 saturated heterocycles. The van der Waals surface area contributed by atoms with Crippen molar-refractivity contribution in [2.24, 2.45) is 0 Å². The third kappa shape index (κ3) is 3.09. The molecule has 2 N–H and O–H groups in total. The van der Waals surface area contributed by atoms with Crippen molar-refractivity contribution in [3.63, 3.8) is 0 Å². The maximum atomic E-state index is 12.4. The molecule has 6 heteroatoms. The Bertz CT molecular complexity index is 750. The van der Waals surface area contributed by atoms with Crippen LogP contribution in [0.15, 0.2) is 42.6 Å². The number of benzene rings is 1. The van der Waals surface area contributed by atoms with Crippen LogP contribution in [0.25, 0.3) is 0 Å². The predicted molar refractivity (Wildman–Crippen MR) is 91.6 cm³/mol. The Morgan fingerprint density at radius 1 is 1.25 bits per heavy atom. The summed E-state index contributed by atoms with van der Waals surface area (Å²) >= 11 is 6.02. The molecule has 1 aromatic heterocycles. The summed E-state index contributed by atoms with van der Waals surface area (Å²) in [6.07, 6.45) is 5.01. The van der Waals surface area contributed by atoms with E-state index in [1.807, 2.05) is 0 Å². The van der Waals surface area contributed by atoms with Crippen LogP contribution >= 0.6 is 11.6 Å². The zero-order valence-corrected chi connectivity index (χ0v) is 13.8. The van der Waals surface area contributed by atoms with Crippen molar-refractivity contribution in [2.75, 3.05) is 0 Å². The van der Waals surface area contributed by atoms with Gasteiger partial charge >= 0.3 is 0 Å². The highest BCUT2D eigenvalue weighted by Crippen LogP contribution is 2.29. The second-order valence-corrected chi connectivity index (χ2v) is 6.69. The monoisotopic (exact) mass is 343 g/mol. The number of carbonyl (C=O) groups is 1. The van der Waals surface area contributed by atoms with Gasteiger partial charge in [0.25, 0.3) is 5.91 Å². The van der Waals surface area contributed by atoms with Crippen molar-refractivity contribution in [1.82, 2.24) is 15.6 Å². The van der Waals surface area contributed by atoms with Crippen molar-refractivity contribution in [2.45, 2.75) is 37.4 Å². The molecule has 5 nitrogen and oxygen atoms in total. The Labute approximate surface area is 145 Å². The summed E-state index contributed by atoms with van der Waals surface area (Å²) in [4.78, 5) is 16.5. The number of pyridine rings is 1. The van der Waals surface area contributed by atoms with Crippen molar-refractivity contribution < 1.29 is 9.53 Å². The van der Waals surface area contributed by atoms with Gasteiger partial charge in [0.05, 0.1) is 0 Å². The molecule has 2 aliphatic rings. The largest absolute Gasteiger partial charge is 0.438 e. The van der Waals surface area contributed by atoms with E-state index in [0.29, 0.717) is 34.3 Å². The molecule has 1 aromatic carbocycles. The van der Waals surface area contributed by atoms with Gasteiger partial charge in [0.15, 0.2) is 0 Å². The number of nitrogens with zero attached hydrogens (tertiary/aromatic N) is 1. The van der Waals surface area contributed by atoms with Crippen LogP contribution in [0, 0.1) is 0 Å². The lowest BCUT2D eigenvalue weighted by molar-refractivity contribution is 0.0931. The van der Waals surface area contributed by atoms with E-state index >= 15 is 0 Å². The highest BCUT2D eigenvalue weighted by molar-refractivity contribution is 6.31. The van der Waals surface area contributed by atoms with Crippen molar-refractivity contribution in [3.8, 4) is 11.6 Å². The second-order valence-electron chi connectivity index (χ2n) is 6.28. The molecule has 4 rings (SSSR count). The van der Waals surface area contributed by atoms with Gasteiger partial charge in [-0.25, -0.2) is 4.98 Å². The van der Waals surface area contributed by atoms with Gasteiger partial charge in [-0.1, -0.05) is 11.6 Å². The fourth-order valence-corrected chi connectivity index (χ4v) is 3.63.